The van der Waals surface area contributed by atoms with Gasteiger partial charge in [-0.25, -0.2) is 0 Å². The van der Waals surface area contributed by atoms with Crippen molar-refractivity contribution in [3.63, 3.8) is 0 Å². The molecule has 0 saturated carbocycles. The maximum absolute atomic E-state index is 11.0. The summed E-state index contributed by atoms with van der Waals surface area (Å²) >= 11 is 6.83. The van der Waals surface area contributed by atoms with Gasteiger partial charge in [-0.05, 0) is 44.3 Å². The second-order valence-corrected chi connectivity index (χ2v) is 5.79. The number of amides is 1. The quantitative estimate of drug-likeness (QED) is 0.861. The fraction of sp³-hybridized carbons (Fsp3) is 0.455. The molecular weight excluding hydrogens is 350 g/mol. The Bertz CT molecular complexity index is 425. The average Bonchev–Trinajstić information content (AvgIpc) is 2.68. The summed E-state index contributed by atoms with van der Waals surface area (Å²) in [6.45, 7) is 1.48. The van der Waals surface area contributed by atoms with E-state index in [0.717, 1.165) is 27.6 Å². The molecule has 1 amide bonds. The van der Waals surface area contributed by atoms with Crippen LogP contribution in [0.1, 0.15) is 18.5 Å². The van der Waals surface area contributed by atoms with Gasteiger partial charge in [0.25, 0.3) is 0 Å². The predicted molar refractivity (Wildman–Crippen MR) is 72.5 cm³/mol. The number of halogens is 2. The highest BCUT2D eigenvalue weighted by Gasteiger charge is 2.19. The van der Waals surface area contributed by atoms with Crippen LogP contribution in [0.3, 0.4) is 0 Å². The Morgan fingerprint density at radius 2 is 2.35 bits per heavy atom. The van der Waals surface area contributed by atoms with Crippen molar-refractivity contribution < 1.29 is 4.79 Å². The summed E-state index contributed by atoms with van der Waals surface area (Å²) in [4.78, 5) is 15.3. The van der Waals surface area contributed by atoms with E-state index in [0.29, 0.717) is 13.0 Å². The molecule has 0 aliphatic carbocycles. The number of pyridine rings is 1. The van der Waals surface area contributed by atoms with E-state index < -0.39 is 0 Å². The molecule has 2 rings (SSSR count). The Morgan fingerprint density at radius 3 is 3.00 bits per heavy atom. The fourth-order valence-corrected chi connectivity index (χ4v) is 2.90. The number of hydrogen-bond acceptors (Lipinski definition) is 3. The zero-order valence-electron chi connectivity index (χ0n) is 9.17. The summed E-state index contributed by atoms with van der Waals surface area (Å²) in [6.07, 6.45) is 3.34. The van der Waals surface area contributed by atoms with E-state index in [9.17, 15) is 4.79 Å². The molecule has 1 aliphatic rings. The zero-order valence-corrected chi connectivity index (χ0v) is 12.3. The van der Waals surface area contributed by atoms with Gasteiger partial charge in [-0.2, -0.15) is 0 Å². The van der Waals surface area contributed by atoms with Crippen LogP contribution in [0, 0.1) is 0 Å². The van der Waals surface area contributed by atoms with Gasteiger partial charge in [0, 0.05) is 40.7 Å². The normalized spacial score (nSPS) is 19.4. The SMILES string of the molecule is O=C1CCC(CNCc2ncc(Br)cc2Br)N1. The lowest BCUT2D eigenvalue weighted by molar-refractivity contribution is -0.119. The number of carbonyl (C=O) groups excluding carboxylic acids is 1. The molecular formula is C11H13Br2N3O. The van der Waals surface area contributed by atoms with Crippen LogP contribution < -0.4 is 10.6 Å². The highest BCUT2D eigenvalue weighted by molar-refractivity contribution is 9.11. The molecule has 1 unspecified atom stereocenters. The van der Waals surface area contributed by atoms with Crippen molar-refractivity contribution in [2.24, 2.45) is 0 Å². The van der Waals surface area contributed by atoms with E-state index in [2.05, 4.69) is 47.5 Å². The number of carbonyl (C=O) groups is 1. The van der Waals surface area contributed by atoms with Gasteiger partial charge < -0.3 is 10.6 Å². The van der Waals surface area contributed by atoms with E-state index in [1.165, 1.54) is 0 Å². The first-order chi connectivity index (χ1) is 8.15. The second kappa shape index (κ2) is 5.93. The Kier molecular flexibility index (Phi) is 4.53. The topological polar surface area (TPSA) is 54.0 Å². The van der Waals surface area contributed by atoms with Crippen LogP contribution in [-0.2, 0) is 11.3 Å². The first-order valence-corrected chi connectivity index (χ1v) is 7.04. The number of nitrogens with zero attached hydrogens (tertiary/aromatic N) is 1. The Morgan fingerprint density at radius 1 is 1.53 bits per heavy atom. The first kappa shape index (κ1) is 13.0. The molecule has 2 heterocycles. The highest BCUT2D eigenvalue weighted by Crippen LogP contribution is 2.19. The van der Waals surface area contributed by atoms with Crippen LogP contribution in [0.2, 0.25) is 0 Å². The molecule has 0 aromatic carbocycles. The van der Waals surface area contributed by atoms with E-state index >= 15 is 0 Å². The molecule has 1 atom stereocenters. The van der Waals surface area contributed by atoms with Crippen molar-refractivity contribution >= 4 is 37.8 Å². The van der Waals surface area contributed by atoms with Crippen molar-refractivity contribution in [1.29, 1.82) is 0 Å². The summed E-state index contributed by atoms with van der Waals surface area (Å²) in [5.41, 5.74) is 0.970. The van der Waals surface area contributed by atoms with Gasteiger partial charge >= 0.3 is 0 Å². The molecule has 0 bridgehead atoms. The minimum Gasteiger partial charge on any atom is -0.352 e. The van der Waals surface area contributed by atoms with Crippen LogP contribution in [0.5, 0.6) is 0 Å². The van der Waals surface area contributed by atoms with Crippen molar-refractivity contribution in [2.75, 3.05) is 6.54 Å². The molecule has 1 aliphatic heterocycles. The number of rotatable bonds is 4. The molecule has 1 aromatic rings. The monoisotopic (exact) mass is 361 g/mol. The van der Waals surface area contributed by atoms with Gasteiger partial charge in [0.15, 0.2) is 0 Å². The molecule has 1 saturated heterocycles. The number of nitrogens with one attached hydrogen (secondary N) is 2. The third kappa shape index (κ3) is 3.76. The largest absolute Gasteiger partial charge is 0.352 e. The summed E-state index contributed by atoms with van der Waals surface area (Å²) in [6, 6.07) is 2.23. The molecule has 1 aromatic heterocycles. The fourth-order valence-electron chi connectivity index (χ4n) is 1.77. The Hall–Kier alpha value is -0.460. The van der Waals surface area contributed by atoms with Crippen molar-refractivity contribution in [3.8, 4) is 0 Å². The number of aromatic nitrogens is 1. The lowest BCUT2D eigenvalue weighted by Crippen LogP contribution is -2.35. The molecule has 0 spiro atoms. The first-order valence-electron chi connectivity index (χ1n) is 5.45. The molecule has 2 N–H and O–H groups in total. The van der Waals surface area contributed by atoms with E-state index in [1.54, 1.807) is 6.20 Å². The number of hydrogen-bond donors (Lipinski definition) is 2. The van der Waals surface area contributed by atoms with Gasteiger partial charge in [0.2, 0.25) is 5.91 Å². The summed E-state index contributed by atoms with van der Waals surface area (Å²) in [7, 11) is 0. The van der Waals surface area contributed by atoms with Crippen LogP contribution in [0.25, 0.3) is 0 Å². The molecule has 0 radical (unpaired) electrons. The van der Waals surface area contributed by atoms with Crippen molar-refractivity contribution in [1.82, 2.24) is 15.6 Å². The summed E-state index contributed by atoms with van der Waals surface area (Å²) < 4.78 is 1.94. The minimum atomic E-state index is 0.153. The van der Waals surface area contributed by atoms with E-state index in [4.69, 9.17) is 0 Å². The van der Waals surface area contributed by atoms with E-state index in [1.807, 2.05) is 6.07 Å². The van der Waals surface area contributed by atoms with Crippen LogP contribution in [0.15, 0.2) is 21.2 Å². The molecule has 92 valence electrons. The van der Waals surface area contributed by atoms with Crippen LogP contribution in [-0.4, -0.2) is 23.5 Å². The smallest absolute Gasteiger partial charge is 0.220 e. The summed E-state index contributed by atoms with van der Waals surface area (Å²) in [5, 5.41) is 6.22. The van der Waals surface area contributed by atoms with Gasteiger partial charge in [0.05, 0.1) is 5.69 Å². The van der Waals surface area contributed by atoms with Crippen molar-refractivity contribution in [3.05, 3.63) is 26.9 Å². The van der Waals surface area contributed by atoms with Crippen LogP contribution >= 0.6 is 31.9 Å². The molecule has 4 nitrogen and oxygen atoms in total. The third-order valence-corrected chi connectivity index (χ3v) is 3.77. The maximum atomic E-state index is 11.0. The Balaban J connectivity index is 1.80. The van der Waals surface area contributed by atoms with Crippen LogP contribution in [0.4, 0.5) is 0 Å². The van der Waals surface area contributed by atoms with Gasteiger partial charge in [-0.1, -0.05) is 0 Å². The Labute approximate surface area is 117 Å². The lowest BCUT2D eigenvalue weighted by atomic mass is 10.2. The molecule has 6 heteroatoms. The zero-order chi connectivity index (χ0) is 12.3. The molecule has 17 heavy (non-hydrogen) atoms. The summed E-state index contributed by atoms with van der Waals surface area (Å²) in [5.74, 6) is 0.153. The maximum Gasteiger partial charge on any atom is 0.220 e. The van der Waals surface area contributed by atoms with Gasteiger partial charge in [-0.3, -0.25) is 9.78 Å². The predicted octanol–water partition coefficient (Wildman–Crippen LogP) is 1.97. The average molecular weight is 363 g/mol. The van der Waals surface area contributed by atoms with Crippen molar-refractivity contribution in [2.45, 2.75) is 25.4 Å². The van der Waals surface area contributed by atoms with Gasteiger partial charge in [0.1, 0.15) is 0 Å². The minimum absolute atomic E-state index is 0.153. The highest BCUT2D eigenvalue weighted by atomic mass is 79.9. The van der Waals surface area contributed by atoms with Gasteiger partial charge in [-0.15, -0.1) is 0 Å². The second-order valence-electron chi connectivity index (χ2n) is 4.02. The third-order valence-electron chi connectivity index (χ3n) is 2.65. The standard InChI is InChI=1S/C11H13Br2N3O/c12-7-3-9(13)10(15-4-7)6-14-5-8-1-2-11(17)16-8/h3-4,8,14H,1-2,5-6H2,(H,16,17). The lowest BCUT2D eigenvalue weighted by Gasteiger charge is -2.11. The molecule has 1 fully saturated rings. The van der Waals surface area contributed by atoms with E-state index in [-0.39, 0.29) is 11.9 Å².